The van der Waals surface area contributed by atoms with Crippen LogP contribution in [0.1, 0.15) is 65.9 Å². The van der Waals surface area contributed by atoms with Crippen molar-refractivity contribution in [3.63, 3.8) is 0 Å². The molecule has 3 N–H and O–H groups in total. The number of amides is 3. The molecule has 1 aliphatic carbocycles. The first-order valence-corrected chi connectivity index (χ1v) is 14.2. The van der Waals surface area contributed by atoms with Crippen LogP contribution in [0.2, 0.25) is 5.02 Å². The number of carbonyl (C=O) groups is 3. The molecule has 1 saturated carbocycles. The van der Waals surface area contributed by atoms with Crippen LogP contribution < -0.4 is 15.5 Å². The van der Waals surface area contributed by atoms with Gasteiger partial charge in [-0.2, -0.15) is 0 Å². The van der Waals surface area contributed by atoms with Gasteiger partial charge in [0.1, 0.15) is 0 Å². The summed E-state index contributed by atoms with van der Waals surface area (Å²) in [7, 11) is 0. The molecule has 0 unspecified atom stereocenters. The van der Waals surface area contributed by atoms with E-state index >= 15 is 0 Å². The predicted molar refractivity (Wildman–Crippen MR) is 158 cm³/mol. The Hall–Kier alpha value is -3.36. The summed E-state index contributed by atoms with van der Waals surface area (Å²) < 4.78 is 0.740. The van der Waals surface area contributed by atoms with Gasteiger partial charge in [0.25, 0.3) is 5.91 Å². The van der Waals surface area contributed by atoms with Crippen molar-refractivity contribution in [2.75, 3.05) is 16.8 Å². The van der Waals surface area contributed by atoms with Crippen molar-refractivity contribution in [1.29, 1.82) is 0 Å². The fraction of sp³-hybridized carbons (Fsp3) is 0.300. The Morgan fingerprint density at radius 3 is 2.28 bits per heavy atom. The zero-order chi connectivity index (χ0) is 27.8. The highest BCUT2D eigenvalue weighted by Crippen LogP contribution is 2.34. The fourth-order valence-electron chi connectivity index (χ4n) is 4.74. The fourth-order valence-corrected chi connectivity index (χ4v) is 5.16. The number of halogens is 2. The van der Waals surface area contributed by atoms with Crippen LogP contribution in [0.4, 0.5) is 16.2 Å². The molecule has 0 atom stereocenters. The molecule has 4 rings (SSSR count). The van der Waals surface area contributed by atoms with Gasteiger partial charge in [-0.05, 0) is 88.3 Å². The third-order valence-electron chi connectivity index (χ3n) is 6.88. The second-order valence-electron chi connectivity index (χ2n) is 9.67. The maximum Gasteiger partial charge on any atom is 0.326 e. The molecule has 0 spiro atoms. The highest BCUT2D eigenvalue weighted by atomic mass is 79.9. The highest BCUT2D eigenvalue weighted by Gasteiger charge is 2.20. The predicted octanol–water partition coefficient (Wildman–Crippen LogP) is 7.59. The normalized spacial score (nSPS) is 13.5. The summed E-state index contributed by atoms with van der Waals surface area (Å²) in [4.78, 5) is 38.2. The smallest absolute Gasteiger partial charge is 0.326 e. The van der Waals surface area contributed by atoms with Crippen LogP contribution in [-0.2, 0) is 11.3 Å². The summed E-state index contributed by atoms with van der Waals surface area (Å²) in [6.07, 6.45) is 6.06. The highest BCUT2D eigenvalue weighted by molar-refractivity contribution is 9.10. The molecule has 1 aliphatic rings. The van der Waals surface area contributed by atoms with E-state index in [1.54, 1.807) is 47.4 Å². The van der Waals surface area contributed by atoms with Crippen molar-refractivity contribution >= 4 is 56.8 Å². The molecular weight excluding hydrogens is 582 g/mol. The van der Waals surface area contributed by atoms with Crippen molar-refractivity contribution in [2.45, 2.75) is 51.0 Å². The second kappa shape index (κ2) is 13.6. The third kappa shape index (κ3) is 8.07. The van der Waals surface area contributed by atoms with E-state index in [0.29, 0.717) is 22.2 Å². The van der Waals surface area contributed by atoms with E-state index in [4.69, 9.17) is 16.7 Å². The van der Waals surface area contributed by atoms with Crippen molar-refractivity contribution in [1.82, 2.24) is 5.32 Å². The number of benzene rings is 3. The van der Waals surface area contributed by atoms with Crippen molar-refractivity contribution < 1.29 is 19.5 Å². The molecule has 1 fully saturated rings. The quantitative estimate of drug-likeness (QED) is 0.232. The molecule has 3 aromatic rings. The first-order chi connectivity index (χ1) is 18.8. The lowest BCUT2D eigenvalue weighted by Gasteiger charge is -2.26. The first-order valence-electron chi connectivity index (χ1n) is 13.0. The summed E-state index contributed by atoms with van der Waals surface area (Å²) in [5.74, 6) is -0.752. The molecule has 9 heteroatoms. The number of anilines is 2. The summed E-state index contributed by atoms with van der Waals surface area (Å²) >= 11 is 9.60. The van der Waals surface area contributed by atoms with E-state index in [-0.39, 0.29) is 31.4 Å². The molecule has 7 nitrogen and oxygen atoms in total. The Morgan fingerprint density at radius 2 is 1.64 bits per heavy atom. The van der Waals surface area contributed by atoms with Gasteiger partial charge in [-0.15, -0.1) is 0 Å². The summed E-state index contributed by atoms with van der Waals surface area (Å²) in [5.41, 5.74) is 3.88. The van der Waals surface area contributed by atoms with Crippen LogP contribution in [0.25, 0.3) is 0 Å². The molecule has 0 radical (unpaired) electrons. The van der Waals surface area contributed by atoms with Gasteiger partial charge in [0.15, 0.2) is 0 Å². The summed E-state index contributed by atoms with van der Waals surface area (Å²) in [6.45, 7) is 0.334. The molecular formula is C30H31BrClN3O4. The van der Waals surface area contributed by atoms with E-state index in [9.17, 15) is 14.4 Å². The Balaban J connectivity index is 1.52. The van der Waals surface area contributed by atoms with Crippen LogP contribution in [0.3, 0.4) is 0 Å². The van der Waals surface area contributed by atoms with Crippen LogP contribution in [0.5, 0.6) is 0 Å². The SMILES string of the molecule is O=C(O)CCNC(=O)c1ccc(CN(C(=O)Nc2ccc(Br)c(Cl)c2)c2ccc(C3CCCCC3)cc2)cc1. The Labute approximate surface area is 241 Å². The van der Waals surface area contributed by atoms with Gasteiger partial charge in [0.2, 0.25) is 0 Å². The minimum Gasteiger partial charge on any atom is -0.481 e. The molecule has 0 bridgehead atoms. The monoisotopic (exact) mass is 611 g/mol. The standard InChI is InChI=1S/C30H31BrClN3O4/c31-26-15-12-24(18-27(26)32)34-30(39)35(25-13-10-22(11-14-25)21-4-2-1-3-5-21)19-20-6-8-23(9-7-20)29(38)33-17-16-28(36)37/h6-15,18,21H,1-5,16-17,19H2,(H,33,38)(H,34,39)(H,36,37). The molecule has 0 saturated heterocycles. The van der Waals surface area contributed by atoms with Crippen LogP contribution in [0, 0.1) is 0 Å². The first kappa shape index (κ1) is 28.6. The topological polar surface area (TPSA) is 98.7 Å². The van der Waals surface area contributed by atoms with E-state index < -0.39 is 5.97 Å². The van der Waals surface area contributed by atoms with Crippen molar-refractivity contribution in [3.05, 3.63) is 92.9 Å². The molecule has 0 aromatic heterocycles. The minimum atomic E-state index is -0.971. The number of hydrogen-bond acceptors (Lipinski definition) is 3. The maximum atomic E-state index is 13.5. The Kier molecular flexibility index (Phi) is 10.0. The zero-order valence-electron chi connectivity index (χ0n) is 21.5. The number of aliphatic carboxylic acids is 1. The van der Waals surface area contributed by atoms with Gasteiger partial charge in [-0.3, -0.25) is 14.5 Å². The number of carbonyl (C=O) groups excluding carboxylic acids is 2. The van der Waals surface area contributed by atoms with E-state index in [2.05, 4.69) is 38.7 Å². The number of rotatable bonds is 9. The summed E-state index contributed by atoms with van der Waals surface area (Å²) in [6, 6.07) is 20.1. The van der Waals surface area contributed by atoms with Gasteiger partial charge >= 0.3 is 12.0 Å². The average Bonchev–Trinajstić information content (AvgIpc) is 2.94. The van der Waals surface area contributed by atoms with Crippen molar-refractivity contribution in [2.24, 2.45) is 0 Å². The van der Waals surface area contributed by atoms with Gasteiger partial charge in [-0.1, -0.05) is 55.1 Å². The van der Waals surface area contributed by atoms with Crippen LogP contribution >= 0.6 is 27.5 Å². The molecule has 0 aliphatic heterocycles. The maximum absolute atomic E-state index is 13.5. The van der Waals surface area contributed by atoms with E-state index in [1.807, 2.05) is 12.1 Å². The Morgan fingerprint density at radius 1 is 0.949 bits per heavy atom. The molecule has 0 heterocycles. The Bertz CT molecular complexity index is 1310. The molecule has 3 amide bonds. The van der Waals surface area contributed by atoms with E-state index in [1.165, 1.54) is 37.7 Å². The average molecular weight is 613 g/mol. The lowest BCUT2D eigenvalue weighted by molar-refractivity contribution is -0.136. The molecule has 39 heavy (non-hydrogen) atoms. The number of urea groups is 1. The number of carboxylic acid groups (broad SMARTS) is 1. The van der Waals surface area contributed by atoms with Gasteiger partial charge < -0.3 is 15.7 Å². The largest absolute Gasteiger partial charge is 0.481 e. The third-order valence-corrected chi connectivity index (χ3v) is 8.11. The van der Waals surface area contributed by atoms with Gasteiger partial charge in [-0.25, -0.2) is 4.79 Å². The number of nitrogens with zero attached hydrogens (tertiary/aromatic N) is 1. The van der Waals surface area contributed by atoms with Gasteiger partial charge in [0.05, 0.1) is 18.0 Å². The van der Waals surface area contributed by atoms with Crippen LogP contribution in [-0.4, -0.2) is 29.6 Å². The molecule has 204 valence electrons. The van der Waals surface area contributed by atoms with E-state index in [0.717, 1.165) is 15.7 Å². The van der Waals surface area contributed by atoms with Crippen molar-refractivity contribution in [3.8, 4) is 0 Å². The minimum absolute atomic E-state index is 0.0563. The lowest BCUT2D eigenvalue weighted by atomic mass is 9.84. The van der Waals surface area contributed by atoms with Gasteiger partial charge in [0, 0.05) is 28.0 Å². The molecule has 3 aromatic carbocycles. The number of carboxylic acids is 1. The lowest BCUT2D eigenvalue weighted by Crippen LogP contribution is -2.34. The number of nitrogens with one attached hydrogen (secondary N) is 2. The van der Waals surface area contributed by atoms with Crippen LogP contribution in [0.15, 0.2) is 71.2 Å². The second-order valence-corrected chi connectivity index (χ2v) is 10.9. The zero-order valence-corrected chi connectivity index (χ0v) is 23.8. The number of hydrogen-bond donors (Lipinski definition) is 3. The summed E-state index contributed by atoms with van der Waals surface area (Å²) in [5, 5.41) is 14.8.